The molecule has 1 atom stereocenters. The molecule has 1 aliphatic carbocycles. The van der Waals surface area contributed by atoms with Crippen molar-refractivity contribution in [2.45, 2.75) is 12.3 Å². The number of benzene rings is 1. The second-order valence-electron chi connectivity index (χ2n) is 7.21. The highest BCUT2D eigenvalue weighted by Gasteiger charge is 2.36. The minimum atomic E-state index is -0.00674. The Bertz CT molecular complexity index is 1030. The monoisotopic (exact) mass is 360 g/mol. The average Bonchev–Trinajstić information content (AvgIpc) is 3.16. The summed E-state index contributed by atoms with van der Waals surface area (Å²) in [4.78, 5) is 33.4. The number of amides is 2. The van der Waals surface area contributed by atoms with Crippen LogP contribution in [0.25, 0.3) is 5.52 Å². The molecule has 136 valence electrons. The summed E-state index contributed by atoms with van der Waals surface area (Å²) in [6, 6.07) is 11.8. The molecule has 0 bridgehead atoms. The van der Waals surface area contributed by atoms with Crippen LogP contribution in [0.3, 0.4) is 0 Å². The highest BCUT2D eigenvalue weighted by atomic mass is 16.2. The first-order valence-corrected chi connectivity index (χ1v) is 9.28. The number of rotatable bonds is 2. The Morgan fingerprint density at radius 3 is 2.59 bits per heavy atom. The lowest BCUT2D eigenvalue weighted by Gasteiger charge is -2.39. The molecule has 2 amide bonds. The smallest absolute Gasteiger partial charge is 0.254 e. The normalized spacial score (nSPS) is 18.9. The van der Waals surface area contributed by atoms with E-state index < -0.39 is 0 Å². The van der Waals surface area contributed by atoms with Crippen LogP contribution in [0.5, 0.6) is 0 Å². The van der Waals surface area contributed by atoms with Crippen LogP contribution in [0.4, 0.5) is 0 Å². The van der Waals surface area contributed by atoms with Crippen LogP contribution in [0, 0.1) is 0 Å². The fourth-order valence-electron chi connectivity index (χ4n) is 4.06. The van der Waals surface area contributed by atoms with Gasteiger partial charge >= 0.3 is 0 Å². The highest BCUT2D eigenvalue weighted by Crippen LogP contribution is 2.36. The van der Waals surface area contributed by atoms with Gasteiger partial charge in [0.05, 0.1) is 24.0 Å². The Morgan fingerprint density at radius 2 is 1.78 bits per heavy atom. The Hall–Kier alpha value is -3.15. The molecule has 5 rings (SSSR count). The number of imidazole rings is 1. The third-order valence-corrected chi connectivity index (χ3v) is 5.69. The van der Waals surface area contributed by atoms with Gasteiger partial charge < -0.3 is 14.2 Å². The zero-order valence-electron chi connectivity index (χ0n) is 14.9. The topological polar surface area (TPSA) is 57.9 Å². The van der Waals surface area contributed by atoms with Gasteiger partial charge in [-0.1, -0.05) is 24.3 Å². The van der Waals surface area contributed by atoms with Crippen LogP contribution in [-0.4, -0.2) is 57.2 Å². The number of pyridine rings is 1. The Labute approximate surface area is 157 Å². The lowest BCUT2D eigenvalue weighted by atomic mass is 9.77. The number of carbonyl (C=O) groups excluding carboxylic acids is 2. The quantitative estimate of drug-likeness (QED) is 0.702. The molecule has 2 aliphatic rings. The van der Waals surface area contributed by atoms with Crippen LogP contribution in [0.15, 0.2) is 55.1 Å². The molecule has 1 fully saturated rings. The van der Waals surface area contributed by atoms with E-state index >= 15 is 0 Å². The third-order valence-electron chi connectivity index (χ3n) is 5.69. The van der Waals surface area contributed by atoms with E-state index in [9.17, 15) is 9.59 Å². The van der Waals surface area contributed by atoms with Gasteiger partial charge in [-0.15, -0.1) is 0 Å². The van der Waals surface area contributed by atoms with Gasteiger partial charge in [0.2, 0.25) is 5.91 Å². The Balaban J connectivity index is 1.23. The van der Waals surface area contributed by atoms with Crippen molar-refractivity contribution in [3.8, 4) is 0 Å². The summed E-state index contributed by atoms with van der Waals surface area (Å²) in [5.74, 6) is 0.203. The van der Waals surface area contributed by atoms with Gasteiger partial charge in [0, 0.05) is 37.9 Å². The van der Waals surface area contributed by atoms with Gasteiger partial charge in [0.25, 0.3) is 5.91 Å². The van der Waals surface area contributed by atoms with E-state index in [0.29, 0.717) is 31.7 Å². The SMILES string of the molecule is O=C(c1ccn2cncc2c1)N1CCN(C(=O)C2Cc3ccccc32)CC1. The lowest BCUT2D eigenvalue weighted by Crippen LogP contribution is -2.52. The zero-order valence-corrected chi connectivity index (χ0v) is 14.9. The molecule has 3 heterocycles. The maximum Gasteiger partial charge on any atom is 0.254 e. The number of nitrogens with zero attached hydrogens (tertiary/aromatic N) is 4. The van der Waals surface area contributed by atoms with E-state index in [4.69, 9.17) is 0 Å². The minimum Gasteiger partial charge on any atom is -0.339 e. The standard InChI is InChI=1S/C21H20N4O2/c26-20(16-5-6-25-14-22-13-17(25)11-16)23-7-9-24(10-8-23)21(27)19-12-15-3-1-2-4-18(15)19/h1-6,11,13-14,19H,7-10,12H2. The first kappa shape index (κ1) is 16.1. The van der Waals surface area contributed by atoms with Crippen LogP contribution in [-0.2, 0) is 11.2 Å². The molecule has 1 aliphatic heterocycles. The molecule has 0 radical (unpaired) electrons. The molecular weight excluding hydrogens is 340 g/mol. The van der Waals surface area contributed by atoms with E-state index in [0.717, 1.165) is 17.5 Å². The highest BCUT2D eigenvalue weighted by molar-refractivity contribution is 5.95. The van der Waals surface area contributed by atoms with Crippen molar-refractivity contribution in [1.82, 2.24) is 19.2 Å². The van der Waals surface area contributed by atoms with Crippen molar-refractivity contribution in [2.24, 2.45) is 0 Å². The van der Waals surface area contributed by atoms with Crippen molar-refractivity contribution < 1.29 is 9.59 Å². The van der Waals surface area contributed by atoms with Crippen molar-refractivity contribution >= 4 is 17.3 Å². The summed E-state index contributed by atoms with van der Waals surface area (Å²) >= 11 is 0. The van der Waals surface area contributed by atoms with Crippen molar-refractivity contribution in [1.29, 1.82) is 0 Å². The van der Waals surface area contributed by atoms with Gasteiger partial charge in [-0.25, -0.2) is 4.98 Å². The second-order valence-corrected chi connectivity index (χ2v) is 7.21. The maximum absolute atomic E-state index is 12.8. The molecule has 0 N–H and O–H groups in total. The molecule has 6 heteroatoms. The number of hydrogen-bond donors (Lipinski definition) is 0. The van der Waals surface area contributed by atoms with Crippen LogP contribution in [0.2, 0.25) is 0 Å². The fourth-order valence-corrected chi connectivity index (χ4v) is 4.06. The number of carbonyl (C=O) groups is 2. The van der Waals surface area contributed by atoms with Crippen molar-refractivity contribution in [3.05, 3.63) is 71.8 Å². The maximum atomic E-state index is 12.8. The number of hydrogen-bond acceptors (Lipinski definition) is 3. The van der Waals surface area contributed by atoms with Crippen LogP contribution >= 0.6 is 0 Å². The Morgan fingerprint density at radius 1 is 1.00 bits per heavy atom. The van der Waals surface area contributed by atoms with Gasteiger partial charge in [-0.2, -0.15) is 0 Å². The lowest BCUT2D eigenvalue weighted by molar-refractivity contribution is -0.134. The molecule has 3 aromatic rings. The molecule has 0 saturated carbocycles. The predicted octanol–water partition coefficient (Wildman–Crippen LogP) is 1.96. The zero-order chi connectivity index (χ0) is 18.4. The van der Waals surface area contributed by atoms with Gasteiger partial charge in [-0.3, -0.25) is 9.59 Å². The molecule has 2 aromatic heterocycles. The van der Waals surface area contributed by atoms with E-state index in [1.54, 1.807) is 12.5 Å². The molecule has 6 nitrogen and oxygen atoms in total. The van der Waals surface area contributed by atoms with Gasteiger partial charge in [-0.05, 0) is 29.7 Å². The largest absolute Gasteiger partial charge is 0.339 e. The Kier molecular flexibility index (Phi) is 3.70. The molecular formula is C21H20N4O2. The minimum absolute atomic E-state index is 0.00674. The van der Waals surface area contributed by atoms with E-state index in [1.165, 1.54) is 5.56 Å². The van der Waals surface area contributed by atoms with Gasteiger partial charge in [0.1, 0.15) is 0 Å². The number of piperazine rings is 1. The molecule has 27 heavy (non-hydrogen) atoms. The molecule has 0 spiro atoms. The number of fused-ring (bicyclic) bond motifs is 2. The molecule has 1 saturated heterocycles. The van der Waals surface area contributed by atoms with E-state index in [2.05, 4.69) is 11.1 Å². The summed E-state index contributed by atoms with van der Waals surface area (Å²) < 4.78 is 1.88. The summed E-state index contributed by atoms with van der Waals surface area (Å²) in [5.41, 5.74) is 4.00. The first-order valence-electron chi connectivity index (χ1n) is 9.28. The second kappa shape index (κ2) is 6.23. The predicted molar refractivity (Wildman–Crippen MR) is 101 cm³/mol. The first-order chi connectivity index (χ1) is 13.2. The van der Waals surface area contributed by atoms with Crippen LogP contribution < -0.4 is 0 Å². The molecule has 1 unspecified atom stereocenters. The third kappa shape index (κ3) is 2.68. The van der Waals surface area contributed by atoms with Crippen LogP contribution in [0.1, 0.15) is 27.4 Å². The number of aromatic nitrogens is 2. The fraction of sp³-hybridized carbons (Fsp3) is 0.286. The summed E-state index contributed by atoms with van der Waals surface area (Å²) in [6.07, 6.45) is 6.14. The van der Waals surface area contributed by atoms with Gasteiger partial charge in [0.15, 0.2) is 0 Å². The van der Waals surface area contributed by atoms with Crippen molar-refractivity contribution in [2.75, 3.05) is 26.2 Å². The summed E-state index contributed by atoms with van der Waals surface area (Å²) in [6.45, 7) is 2.34. The van der Waals surface area contributed by atoms with Crippen molar-refractivity contribution in [3.63, 3.8) is 0 Å². The average molecular weight is 360 g/mol. The summed E-state index contributed by atoms with van der Waals surface area (Å²) in [5, 5.41) is 0. The summed E-state index contributed by atoms with van der Waals surface area (Å²) in [7, 11) is 0. The molecule has 1 aromatic carbocycles. The van der Waals surface area contributed by atoms with E-state index in [1.807, 2.05) is 50.7 Å². The van der Waals surface area contributed by atoms with E-state index in [-0.39, 0.29) is 17.7 Å².